The third-order valence-corrected chi connectivity index (χ3v) is 1.06. The van der Waals surface area contributed by atoms with E-state index in [1.165, 1.54) is 0 Å². The highest BCUT2D eigenvalue weighted by Crippen LogP contribution is 1.95. The van der Waals surface area contributed by atoms with Crippen molar-refractivity contribution in [1.82, 2.24) is 5.43 Å². The summed E-state index contributed by atoms with van der Waals surface area (Å²) in [5, 5.41) is 14.8. The van der Waals surface area contributed by atoms with E-state index in [1.807, 2.05) is 0 Å². The molecule has 0 radical (unpaired) electrons. The second-order valence-corrected chi connectivity index (χ2v) is 2.01. The number of hydrazine groups is 1. The smallest absolute Gasteiger partial charge is 0.414 e. The van der Waals surface area contributed by atoms with E-state index >= 15 is 0 Å². The van der Waals surface area contributed by atoms with Gasteiger partial charge in [-0.3, -0.25) is 11.3 Å². The Kier molecular flexibility index (Phi) is 4.93. The largest absolute Gasteiger partial charge is 0.473 e. The lowest BCUT2D eigenvalue weighted by molar-refractivity contribution is -0.159. The van der Waals surface area contributed by atoms with Gasteiger partial charge in [-0.25, -0.2) is 9.59 Å². The van der Waals surface area contributed by atoms with Gasteiger partial charge < -0.3 is 14.9 Å². The van der Waals surface area contributed by atoms with Crippen molar-refractivity contribution in [1.29, 1.82) is 0 Å². The van der Waals surface area contributed by atoms with Crippen LogP contribution in [-0.4, -0.2) is 41.4 Å². The summed E-state index contributed by atoms with van der Waals surface area (Å²) >= 11 is 0. The molecule has 0 aliphatic carbocycles. The number of nitrogens with two attached hydrogens (primary N) is 1. The molecular weight excluding hydrogens is 168 g/mol. The molecule has 0 aromatic rings. The van der Waals surface area contributed by atoms with Crippen molar-refractivity contribution in [2.45, 2.75) is 6.04 Å². The summed E-state index contributed by atoms with van der Waals surface area (Å²) in [7, 11) is 0. The van der Waals surface area contributed by atoms with Gasteiger partial charge in [0.05, 0.1) is 19.3 Å². The first-order chi connectivity index (χ1) is 5.57. The molecule has 1 rings (SSSR count). The van der Waals surface area contributed by atoms with Crippen molar-refractivity contribution in [3.8, 4) is 0 Å². The van der Waals surface area contributed by atoms with Crippen LogP contribution < -0.4 is 11.3 Å². The number of hydrogen-bond acceptors (Lipinski definition) is 5. The summed E-state index contributed by atoms with van der Waals surface area (Å²) in [6.07, 6.45) is 0. The lowest BCUT2D eigenvalue weighted by Crippen LogP contribution is -2.49. The second-order valence-electron chi connectivity index (χ2n) is 2.01. The first-order valence-corrected chi connectivity index (χ1v) is 3.08. The molecule has 0 atom stereocenters. The van der Waals surface area contributed by atoms with E-state index in [-0.39, 0.29) is 0 Å². The van der Waals surface area contributed by atoms with Crippen LogP contribution in [0, 0.1) is 0 Å². The Hall–Kier alpha value is -1.18. The Bertz CT molecular complexity index is 152. The van der Waals surface area contributed by atoms with Crippen LogP contribution in [0.1, 0.15) is 0 Å². The second kappa shape index (κ2) is 5.47. The zero-order valence-electron chi connectivity index (χ0n) is 6.19. The topological polar surface area (TPSA) is 122 Å². The van der Waals surface area contributed by atoms with E-state index in [1.54, 1.807) is 0 Å². The molecule has 1 saturated heterocycles. The first-order valence-electron chi connectivity index (χ1n) is 3.08. The van der Waals surface area contributed by atoms with Crippen LogP contribution in [0.3, 0.4) is 0 Å². The minimum atomic E-state index is -1.82. The molecule has 70 valence electrons. The Labute approximate surface area is 68.1 Å². The number of rotatable bonds is 1. The zero-order valence-corrected chi connectivity index (χ0v) is 6.19. The maximum Gasteiger partial charge on any atom is 0.414 e. The monoisotopic (exact) mass is 178 g/mol. The Morgan fingerprint density at radius 3 is 1.75 bits per heavy atom. The quantitative estimate of drug-likeness (QED) is 0.208. The molecule has 0 amide bonds. The molecule has 12 heavy (non-hydrogen) atoms. The van der Waals surface area contributed by atoms with Crippen LogP contribution in [0.2, 0.25) is 0 Å². The fraction of sp³-hybridized carbons (Fsp3) is 0.600. The first kappa shape index (κ1) is 10.8. The number of carboxylic acids is 2. The average Bonchev–Trinajstić information content (AvgIpc) is 1.86. The molecular formula is C5H10N2O5. The van der Waals surface area contributed by atoms with Gasteiger partial charge in [0.2, 0.25) is 0 Å². The molecule has 0 bridgehead atoms. The van der Waals surface area contributed by atoms with Crippen molar-refractivity contribution in [3.05, 3.63) is 0 Å². The zero-order chi connectivity index (χ0) is 9.56. The molecule has 7 nitrogen and oxygen atoms in total. The van der Waals surface area contributed by atoms with Gasteiger partial charge in [0.25, 0.3) is 0 Å². The predicted octanol–water partition coefficient (Wildman–Crippen LogP) is -2.00. The van der Waals surface area contributed by atoms with Gasteiger partial charge in [-0.2, -0.15) is 0 Å². The third kappa shape index (κ3) is 4.61. The fourth-order valence-electron chi connectivity index (χ4n) is 0.332. The molecule has 0 aromatic carbocycles. The number of hydrogen-bond donors (Lipinski definition) is 4. The SMILES string of the molecule is NNC1COC1.O=C(O)C(=O)O. The van der Waals surface area contributed by atoms with E-state index in [0.717, 1.165) is 13.2 Å². The van der Waals surface area contributed by atoms with Gasteiger partial charge in [-0.15, -0.1) is 0 Å². The van der Waals surface area contributed by atoms with Gasteiger partial charge in [-0.05, 0) is 0 Å². The summed E-state index contributed by atoms with van der Waals surface area (Å²) in [5.41, 5.74) is 2.58. The van der Waals surface area contributed by atoms with Crippen molar-refractivity contribution >= 4 is 11.9 Å². The maximum atomic E-state index is 9.10. The summed E-state index contributed by atoms with van der Waals surface area (Å²) in [4.78, 5) is 18.2. The predicted molar refractivity (Wildman–Crippen MR) is 37.2 cm³/mol. The summed E-state index contributed by atoms with van der Waals surface area (Å²) in [6, 6.07) is 0.421. The molecule has 1 aliphatic rings. The van der Waals surface area contributed by atoms with E-state index in [2.05, 4.69) is 5.43 Å². The molecule has 1 heterocycles. The minimum absolute atomic E-state index is 0.421. The number of ether oxygens (including phenoxy) is 1. The van der Waals surface area contributed by atoms with Gasteiger partial charge in [0.1, 0.15) is 0 Å². The summed E-state index contributed by atoms with van der Waals surface area (Å²) < 4.78 is 4.78. The average molecular weight is 178 g/mol. The summed E-state index contributed by atoms with van der Waals surface area (Å²) in [5.74, 6) is 1.36. The Balaban J connectivity index is 0.000000202. The molecule has 0 aromatic heterocycles. The molecule has 5 N–H and O–H groups in total. The number of carboxylic acid groups (broad SMARTS) is 2. The van der Waals surface area contributed by atoms with E-state index in [9.17, 15) is 0 Å². The number of nitrogens with one attached hydrogen (secondary N) is 1. The molecule has 7 heteroatoms. The molecule has 0 spiro atoms. The highest BCUT2D eigenvalue weighted by Gasteiger charge is 2.14. The number of carbonyl (C=O) groups is 2. The lowest BCUT2D eigenvalue weighted by Gasteiger charge is -2.24. The van der Waals surface area contributed by atoms with Crippen LogP contribution in [0.15, 0.2) is 0 Å². The van der Waals surface area contributed by atoms with Gasteiger partial charge in [0.15, 0.2) is 0 Å². The molecule has 0 unspecified atom stereocenters. The number of aliphatic carboxylic acids is 2. The van der Waals surface area contributed by atoms with Gasteiger partial charge in [-0.1, -0.05) is 0 Å². The van der Waals surface area contributed by atoms with Crippen molar-refractivity contribution in [3.63, 3.8) is 0 Å². The highest BCUT2D eigenvalue weighted by atomic mass is 16.5. The van der Waals surface area contributed by atoms with Crippen LogP contribution in [0.5, 0.6) is 0 Å². The lowest BCUT2D eigenvalue weighted by atomic mass is 10.3. The normalized spacial score (nSPS) is 15.4. The van der Waals surface area contributed by atoms with E-state index in [0.29, 0.717) is 6.04 Å². The van der Waals surface area contributed by atoms with Crippen LogP contribution in [0.25, 0.3) is 0 Å². The van der Waals surface area contributed by atoms with E-state index in [4.69, 9.17) is 30.4 Å². The van der Waals surface area contributed by atoms with Gasteiger partial charge >= 0.3 is 11.9 Å². The maximum absolute atomic E-state index is 9.10. The minimum Gasteiger partial charge on any atom is -0.473 e. The highest BCUT2D eigenvalue weighted by molar-refractivity contribution is 6.27. The third-order valence-electron chi connectivity index (χ3n) is 1.06. The summed E-state index contributed by atoms with van der Waals surface area (Å²) in [6.45, 7) is 1.55. The van der Waals surface area contributed by atoms with Gasteiger partial charge in [0, 0.05) is 0 Å². The Morgan fingerprint density at radius 2 is 1.75 bits per heavy atom. The van der Waals surface area contributed by atoms with Crippen LogP contribution >= 0.6 is 0 Å². The van der Waals surface area contributed by atoms with Crippen molar-refractivity contribution in [2.24, 2.45) is 5.84 Å². The van der Waals surface area contributed by atoms with Crippen molar-refractivity contribution < 1.29 is 24.5 Å². The standard InChI is InChI=1S/C3H8N2O.C2H2O4/c4-5-3-1-6-2-3;3-1(4)2(5)6/h3,5H,1-2,4H2;(H,3,4)(H,5,6). The fourth-order valence-corrected chi connectivity index (χ4v) is 0.332. The molecule has 1 aliphatic heterocycles. The molecule has 1 fully saturated rings. The van der Waals surface area contributed by atoms with E-state index < -0.39 is 11.9 Å². The van der Waals surface area contributed by atoms with Crippen LogP contribution in [-0.2, 0) is 14.3 Å². The van der Waals surface area contributed by atoms with Crippen molar-refractivity contribution in [2.75, 3.05) is 13.2 Å². The molecule has 0 saturated carbocycles. The van der Waals surface area contributed by atoms with Crippen LogP contribution in [0.4, 0.5) is 0 Å². The Morgan fingerprint density at radius 1 is 1.33 bits per heavy atom.